The van der Waals surface area contributed by atoms with Crippen LogP contribution in [0.2, 0.25) is 0 Å². The minimum absolute atomic E-state index is 0.165. The van der Waals surface area contributed by atoms with Gasteiger partial charge in [-0.2, -0.15) is 5.10 Å². The second-order valence-electron chi connectivity index (χ2n) is 4.05. The third-order valence-corrected chi connectivity index (χ3v) is 2.38. The van der Waals surface area contributed by atoms with Crippen LogP contribution < -0.4 is 5.32 Å². The van der Waals surface area contributed by atoms with Crippen molar-refractivity contribution in [3.05, 3.63) is 18.0 Å². The van der Waals surface area contributed by atoms with Crippen LogP contribution in [-0.4, -0.2) is 32.8 Å². The van der Waals surface area contributed by atoms with Crippen LogP contribution >= 0.6 is 0 Å². The Hall–Kier alpha value is -1.85. The van der Waals surface area contributed by atoms with Crippen LogP contribution in [0.1, 0.15) is 43.7 Å². The molecule has 0 radical (unpaired) electrons. The van der Waals surface area contributed by atoms with Gasteiger partial charge in [-0.15, -0.1) is 0 Å². The monoisotopic (exact) mass is 239 g/mol. The first-order chi connectivity index (χ1) is 7.95. The highest BCUT2D eigenvalue weighted by Gasteiger charge is 2.19. The number of amides is 1. The molecule has 1 aromatic rings. The molecule has 0 bridgehead atoms. The second-order valence-corrected chi connectivity index (χ2v) is 4.05. The number of carbonyl (C=O) groups excluding carboxylic acids is 1. The molecule has 2 N–H and O–H groups in total. The number of carboxylic acids is 1. The van der Waals surface area contributed by atoms with Gasteiger partial charge in [0.1, 0.15) is 11.7 Å². The largest absolute Gasteiger partial charge is 0.480 e. The average Bonchev–Trinajstić information content (AvgIpc) is 2.74. The lowest BCUT2D eigenvalue weighted by Crippen LogP contribution is -2.40. The Morgan fingerprint density at radius 2 is 2.18 bits per heavy atom. The molecule has 1 aromatic heterocycles. The second kappa shape index (κ2) is 5.47. The molecule has 0 aliphatic heterocycles. The molecule has 0 aliphatic carbocycles. The zero-order chi connectivity index (χ0) is 13.0. The van der Waals surface area contributed by atoms with Gasteiger partial charge in [0.05, 0.1) is 0 Å². The molecular formula is C11H17N3O3. The van der Waals surface area contributed by atoms with Gasteiger partial charge in [-0.1, -0.05) is 6.92 Å². The molecule has 1 unspecified atom stereocenters. The maximum absolute atomic E-state index is 11.7. The van der Waals surface area contributed by atoms with Gasteiger partial charge in [0.15, 0.2) is 0 Å². The number of nitrogens with one attached hydrogen (secondary N) is 1. The summed E-state index contributed by atoms with van der Waals surface area (Å²) in [5, 5.41) is 15.3. The van der Waals surface area contributed by atoms with Crippen LogP contribution in [0, 0.1) is 0 Å². The normalized spacial score (nSPS) is 12.5. The Morgan fingerprint density at radius 3 is 2.59 bits per heavy atom. The van der Waals surface area contributed by atoms with Crippen molar-refractivity contribution in [2.45, 2.75) is 39.3 Å². The summed E-state index contributed by atoms with van der Waals surface area (Å²) in [6.45, 7) is 5.59. The summed E-state index contributed by atoms with van der Waals surface area (Å²) >= 11 is 0. The highest BCUT2D eigenvalue weighted by atomic mass is 16.4. The molecule has 0 spiro atoms. The van der Waals surface area contributed by atoms with Crippen molar-refractivity contribution in [2.24, 2.45) is 0 Å². The molecule has 0 saturated carbocycles. The van der Waals surface area contributed by atoms with Gasteiger partial charge in [-0.3, -0.25) is 9.48 Å². The standard InChI is InChI=1S/C11H17N3O3/c1-4-8(11(16)17)12-10(15)9-5-6-14(13-9)7(2)3/h5-8H,4H2,1-3H3,(H,12,15)(H,16,17). The number of hydrogen-bond acceptors (Lipinski definition) is 3. The molecule has 94 valence electrons. The van der Waals surface area contributed by atoms with E-state index in [9.17, 15) is 9.59 Å². The van der Waals surface area contributed by atoms with Crippen molar-refractivity contribution < 1.29 is 14.7 Å². The smallest absolute Gasteiger partial charge is 0.326 e. The van der Waals surface area contributed by atoms with Crippen molar-refractivity contribution >= 4 is 11.9 Å². The number of carboxylic acid groups (broad SMARTS) is 1. The van der Waals surface area contributed by atoms with E-state index in [1.54, 1.807) is 23.9 Å². The van der Waals surface area contributed by atoms with Gasteiger partial charge >= 0.3 is 5.97 Å². The lowest BCUT2D eigenvalue weighted by atomic mass is 10.2. The van der Waals surface area contributed by atoms with Crippen molar-refractivity contribution in [3.63, 3.8) is 0 Å². The Balaban J connectivity index is 2.72. The Morgan fingerprint density at radius 1 is 1.53 bits per heavy atom. The maximum Gasteiger partial charge on any atom is 0.326 e. The minimum atomic E-state index is -1.04. The first-order valence-corrected chi connectivity index (χ1v) is 5.54. The number of rotatable bonds is 5. The zero-order valence-electron chi connectivity index (χ0n) is 10.2. The van der Waals surface area contributed by atoms with E-state index in [4.69, 9.17) is 5.11 Å². The first kappa shape index (κ1) is 13.2. The van der Waals surface area contributed by atoms with Crippen molar-refractivity contribution in [1.29, 1.82) is 0 Å². The van der Waals surface area contributed by atoms with Crippen LogP contribution in [0.5, 0.6) is 0 Å². The fourth-order valence-corrected chi connectivity index (χ4v) is 1.32. The van der Waals surface area contributed by atoms with E-state index in [2.05, 4.69) is 10.4 Å². The third kappa shape index (κ3) is 3.30. The Labute approximate surface area is 99.6 Å². The SMILES string of the molecule is CCC(NC(=O)c1ccn(C(C)C)n1)C(=O)O. The number of aromatic nitrogens is 2. The molecule has 1 amide bonds. The predicted octanol–water partition coefficient (Wildman–Crippen LogP) is 1.06. The quantitative estimate of drug-likeness (QED) is 0.804. The topological polar surface area (TPSA) is 84.2 Å². The summed E-state index contributed by atoms with van der Waals surface area (Å²) in [7, 11) is 0. The summed E-state index contributed by atoms with van der Waals surface area (Å²) in [6.07, 6.45) is 2.03. The van der Waals surface area contributed by atoms with Gasteiger partial charge in [0.2, 0.25) is 0 Å². The van der Waals surface area contributed by atoms with E-state index < -0.39 is 17.9 Å². The molecule has 6 nitrogen and oxygen atoms in total. The fourth-order valence-electron chi connectivity index (χ4n) is 1.32. The van der Waals surface area contributed by atoms with Gasteiger partial charge in [0, 0.05) is 12.2 Å². The molecule has 6 heteroatoms. The molecule has 1 rings (SSSR count). The first-order valence-electron chi connectivity index (χ1n) is 5.54. The van der Waals surface area contributed by atoms with Gasteiger partial charge in [0.25, 0.3) is 5.91 Å². The van der Waals surface area contributed by atoms with Crippen LogP contribution in [0.15, 0.2) is 12.3 Å². The van der Waals surface area contributed by atoms with Gasteiger partial charge < -0.3 is 10.4 Å². The number of hydrogen-bond donors (Lipinski definition) is 2. The molecule has 0 aliphatic rings. The van der Waals surface area contributed by atoms with E-state index >= 15 is 0 Å². The summed E-state index contributed by atoms with van der Waals surface area (Å²) in [6, 6.07) is 0.869. The summed E-state index contributed by atoms with van der Waals surface area (Å²) in [5.74, 6) is -1.50. The highest BCUT2D eigenvalue weighted by molar-refractivity contribution is 5.94. The van der Waals surface area contributed by atoms with E-state index in [1.807, 2.05) is 13.8 Å². The molecule has 0 saturated heterocycles. The molecule has 0 aromatic carbocycles. The summed E-state index contributed by atoms with van der Waals surface area (Å²) in [4.78, 5) is 22.5. The molecule has 1 heterocycles. The summed E-state index contributed by atoms with van der Waals surface area (Å²) < 4.78 is 1.65. The third-order valence-electron chi connectivity index (χ3n) is 2.38. The molecule has 0 fully saturated rings. The van der Waals surface area contributed by atoms with E-state index in [0.29, 0.717) is 6.42 Å². The number of aliphatic carboxylic acids is 1. The maximum atomic E-state index is 11.7. The van der Waals surface area contributed by atoms with Crippen LogP contribution in [0.4, 0.5) is 0 Å². The highest BCUT2D eigenvalue weighted by Crippen LogP contribution is 2.04. The minimum Gasteiger partial charge on any atom is -0.480 e. The van der Waals surface area contributed by atoms with Crippen LogP contribution in [0.3, 0.4) is 0 Å². The van der Waals surface area contributed by atoms with Gasteiger partial charge in [-0.05, 0) is 26.3 Å². The van der Waals surface area contributed by atoms with E-state index in [0.717, 1.165) is 0 Å². The number of carbonyl (C=O) groups is 2. The molecular weight excluding hydrogens is 222 g/mol. The predicted molar refractivity (Wildman–Crippen MR) is 61.8 cm³/mol. The molecule has 1 atom stereocenters. The van der Waals surface area contributed by atoms with Crippen LogP contribution in [-0.2, 0) is 4.79 Å². The fraction of sp³-hybridized carbons (Fsp3) is 0.545. The van der Waals surface area contributed by atoms with E-state index in [1.165, 1.54) is 0 Å². The van der Waals surface area contributed by atoms with Crippen molar-refractivity contribution in [1.82, 2.24) is 15.1 Å². The van der Waals surface area contributed by atoms with Crippen LogP contribution in [0.25, 0.3) is 0 Å². The van der Waals surface area contributed by atoms with Crippen molar-refractivity contribution in [2.75, 3.05) is 0 Å². The van der Waals surface area contributed by atoms with Gasteiger partial charge in [-0.25, -0.2) is 4.79 Å². The lowest BCUT2D eigenvalue weighted by Gasteiger charge is -2.10. The Bertz CT molecular complexity index is 412. The summed E-state index contributed by atoms with van der Waals surface area (Å²) in [5.41, 5.74) is 0.235. The molecule has 17 heavy (non-hydrogen) atoms. The lowest BCUT2D eigenvalue weighted by molar-refractivity contribution is -0.139. The number of nitrogens with zero attached hydrogens (tertiary/aromatic N) is 2. The van der Waals surface area contributed by atoms with Crippen molar-refractivity contribution in [3.8, 4) is 0 Å². The zero-order valence-corrected chi connectivity index (χ0v) is 10.2. The van der Waals surface area contributed by atoms with E-state index in [-0.39, 0.29) is 11.7 Å². The average molecular weight is 239 g/mol. The Kier molecular flexibility index (Phi) is 4.25.